The molecule has 0 saturated heterocycles. The molecule has 2 aromatic carbocycles. The van der Waals surface area contributed by atoms with Crippen molar-refractivity contribution in [3.63, 3.8) is 0 Å². The highest BCUT2D eigenvalue weighted by Crippen LogP contribution is 2.10. The van der Waals surface area contributed by atoms with Crippen LogP contribution >= 0.6 is 0 Å². The molecule has 2 rings (SSSR count). The van der Waals surface area contributed by atoms with Crippen LogP contribution in [0.5, 0.6) is 0 Å². The zero-order chi connectivity index (χ0) is 18.1. The highest BCUT2D eigenvalue weighted by molar-refractivity contribution is 5.91. The number of carbonyl (C=O) groups is 2. The number of nitrogens with one attached hydrogen (secondary N) is 1. The van der Waals surface area contributed by atoms with E-state index in [4.69, 9.17) is 0 Å². The Kier molecular flexibility index (Phi) is 7.14. The van der Waals surface area contributed by atoms with Gasteiger partial charge in [-0.25, -0.2) is 4.39 Å². The number of aryl methyl sites for hydroxylation is 1. The average molecular weight is 342 g/mol. The maximum absolute atomic E-state index is 13.1. The number of hydrogen-bond donors (Lipinski definition) is 1. The van der Waals surface area contributed by atoms with Crippen molar-refractivity contribution in [2.75, 3.05) is 18.4 Å². The molecule has 0 spiro atoms. The minimum atomic E-state index is -0.399. The van der Waals surface area contributed by atoms with Gasteiger partial charge in [0.05, 0.1) is 0 Å². The first-order valence-corrected chi connectivity index (χ1v) is 8.39. The first-order chi connectivity index (χ1) is 12.0. The van der Waals surface area contributed by atoms with Crippen molar-refractivity contribution < 1.29 is 14.0 Å². The lowest BCUT2D eigenvalue weighted by molar-refractivity contribution is -0.129. The van der Waals surface area contributed by atoms with Crippen LogP contribution in [0.15, 0.2) is 54.6 Å². The van der Waals surface area contributed by atoms with Crippen LogP contribution in [0.25, 0.3) is 0 Å². The number of nitrogens with zero attached hydrogens (tertiary/aromatic N) is 1. The molecule has 25 heavy (non-hydrogen) atoms. The lowest BCUT2D eigenvalue weighted by atomic mass is 10.1. The topological polar surface area (TPSA) is 49.4 Å². The lowest BCUT2D eigenvalue weighted by Gasteiger charge is -2.20. The minimum Gasteiger partial charge on any atom is -0.342 e. The van der Waals surface area contributed by atoms with Crippen molar-refractivity contribution in [2.24, 2.45) is 0 Å². The van der Waals surface area contributed by atoms with Gasteiger partial charge < -0.3 is 10.2 Å². The average Bonchev–Trinajstić information content (AvgIpc) is 2.58. The highest BCUT2D eigenvalue weighted by Gasteiger charge is 2.11. The van der Waals surface area contributed by atoms with Gasteiger partial charge in [0.15, 0.2) is 0 Å². The van der Waals surface area contributed by atoms with E-state index in [1.807, 2.05) is 18.2 Å². The Balaban J connectivity index is 1.76. The van der Waals surface area contributed by atoms with Gasteiger partial charge in [-0.05, 0) is 36.6 Å². The Labute approximate surface area is 147 Å². The fraction of sp³-hybridized carbons (Fsp3) is 0.300. The number of carbonyl (C=O) groups excluding carboxylic acids is 2. The summed E-state index contributed by atoms with van der Waals surface area (Å²) in [5, 5.41) is 2.64. The summed E-state index contributed by atoms with van der Waals surface area (Å²) in [6.45, 7) is 2.47. The molecule has 0 bridgehead atoms. The van der Waals surface area contributed by atoms with E-state index in [1.54, 1.807) is 11.0 Å². The maximum atomic E-state index is 13.1. The molecule has 2 aromatic rings. The summed E-state index contributed by atoms with van der Waals surface area (Å²) < 4.78 is 13.1. The molecular formula is C20H23FN2O2. The zero-order valence-corrected chi connectivity index (χ0v) is 14.4. The molecule has 0 aliphatic rings. The van der Waals surface area contributed by atoms with Crippen LogP contribution in [0.1, 0.15) is 25.3 Å². The second-order valence-corrected chi connectivity index (χ2v) is 5.90. The van der Waals surface area contributed by atoms with E-state index >= 15 is 0 Å². The Morgan fingerprint density at radius 1 is 1.04 bits per heavy atom. The van der Waals surface area contributed by atoms with Gasteiger partial charge in [-0.2, -0.15) is 0 Å². The van der Waals surface area contributed by atoms with Gasteiger partial charge in [0.2, 0.25) is 11.8 Å². The number of amides is 2. The van der Waals surface area contributed by atoms with Crippen LogP contribution < -0.4 is 5.32 Å². The Hall–Kier alpha value is -2.69. The zero-order valence-electron chi connectivity index (χ0n) is 14.4. The summed E-state index contributed by atoms with van der Waals surface area (Å²) in [5.74, 6) is -0.685. The molecule has 2 amide bonds. The SMILES string of the molecule is CC(=O)N(CCCc1ccccc1)CCC(=O)Nc1cccc(F)c1. The van der Waals surface area contributed by atoms with E-state index in [0.29, 0.717) is 18.8 Å². The van der Waals surface area contributed by atoms with Crippen LogP contribution in [0.4, 0.5) is 10.1 Å². The summed E-state index contributed by atoms with van der Waals surface area (Å²) in [6, 6.07) is 15.8. The van der Waals surface area contributed by atoms with E-state index in [0.717, 1.165) is 12.8 Å². The third-order valence-electron chi connectivity index (χ3n) is 3.90. The molecule has 0 aromatic heterocycles. The minimum absolute atomic E-state index is 0.0494. The summed E-state index contributed by atoms with van der Waals surface area (Å²) >= 11 is 0. The predicted molar refractivity (Wildman–Crippen MR) is 96.7 cm³/mol. The van der Waals surface area contributed by atoms with E-state index in [2.05, 4.69) is 17.4 Å². The second kappa shape index (κ2) is 9.57. The molecule has 0 radical (unpaired) electrons. The van der Waals surface area contributed by atoms with E-state index < -0.39 is 5.82 Å². The smallest absolute Gasteiger partial charge is 0.226 e. The molecule has 0 fully saturated rings. The second-order valence-electron chi connectivity index (χ2n) is 5.90. The lowest BCUT2D eigenvalue weighted by Crippen LogP contribution is -2.33. The van der Waals surface area contributed by atoms with Gasteiger partial charge in [0, 0.05) is 32.1 Å². The summed E-state index contributed by atoms with van der Waals surface area (Å²) in [4.78, 5) is 25.4. The van der Waals surface area contributed by atoms with Crippen LogP contribution in [0, 0.1) is 5.82 Å². The van der Waals surface area contributed by atoms with Crippen molar-refractivity contribution in [1.82, 2.24) is 4.90 Å². The molecule has 0 unspecified atom stereocenters. The molecule has 0 heterocycles. The molecule has 0 aliphatic heterocycles. The standard InChI is InChI=1S/C20H23FN2O2/c1-16(24)23(13-6-9-17-7-3-2-4-8-17)14-12-20(25)22-19-11-5-10-18(21)15-19/h2-5,7-8,10-11,15H,6,9,12-14H2,1H3,(H,22,25). The maximum Gasteiger partial charge on any atom is 0.226 e. The van der Waals surface area contributed by atoms with E-state index in [1.165, 1.54) is 30.7 Å². The summed E-state index contributed by atoms with van der Waals surface area (Å²) in [7, 11) is 0. The largest absolute Gasteiger partial charge is 0.342 e. The number of hydrogen-bond acceptors (Lipinski definition) is 2. The Bertz CT molecular complexity index is 704. The normalized spacial score (nSPS) is 10.3. The van der Waals surface area contributed by atoms with Crippen LogP contribution in [0.2, 0.25) is 0 Å². The third-order valence-corrected chi connectivity index (χ3v) is 3.90. The Morgan fingerprint density at radius 3 is 2.48 bits per heavy atom. The molecule has 0 saturated carbocycles. The van der Waals surface area contributed by atoms with Crippen molar-refractivity contribution in [1.29, 1.82) is 0 Å². The number of benzene rings is 2. The quantitative estimate of drug-likeness (QED) is 0.796. The highest BCUT2D eigenvalue weighted by atomic mass is 19.1. The van der Waals surface area contributed by atoms with E-state index in [-0.39, 0.29) is 18.2 Å². The third kappa shape index (κ3) is 6.75. The number of halogens is 1. The number of anilines is 1. The van der Waals surface area contributed by atoms with Gasteiger partial charge in [-0.3, -0.25) is 9.59 Å². The first kappa shape index (κ1) is 18.6. The van der Waals surface area contributed by atoms with Gasteiger partial charge in [-0.15, -0.1) is 0 Å². The fourth-order valence-corrected chi connectivity index (χ4v) is 2.57. The predicted octanol–water partition coefficient (Wildman–Crippen LogP) is 3.64. The van der Waals surface area contributed by atoms with Crippen molar-refractivity contribution in [2.45, 2.75) is 26.2 Å². The monoisotopic (exact) mass is 342 g/mol. The van der Waals surface area contributed by atoms with Crippen LogP contribution in [-0.4, -0.2) is 29.8 Å². The van der Waals surface area contributed by atoms with Crippen molar-refractivity contribution in [3.05, 3.63) is 66.0 Å². The molecule has 5 heteroatoms. The van der Waals surface area contributed by atoms with Crippen LogP contribution in [-0.2, 0) is 16.0 Å². The fourth-order valence-electron chi connectivity index (χ4n) is 2.57. The molecule has 0 atom stereocenters. The van der Waals surface area contributed by atoms with Gasteiger partial charge in [0.25, 0.3) is 0 Å². The molecule has 1 N–H and O–H groups in total. The van der Waals surface area contributed by atoms with Gasteiger partial charge in [-0.1, -0.05) is 36.4 Å². The first-order valence-electron chi connectivity index (χ1n) is 8.39. The van der Waals surface area contributed by atoms with E-state index in [9.17, 15) is 14.0 Å². The Morgan fingerprint density at radius 2 is 1.80 bits per heavy atom. The molecule has 132 valence electrons. The number of rotatable bonds is 8. The molecule has 0 aliphatic carbocycles. The van der Waals surface area contributed by atoms with Gasteiger partial charge >= 0.3 is 0 Å². The summed E-state index contributed by atoms with van der Waals surface area (Å²) in [6.07, 6.45) is 1.91. The van der Waals surface area contributed by atoms with Crippen molar-refractivity contribution in [3.8, 4) is 0 Å². The van der Waals surface area contributed by atoms with Crippen molar-refractivity contribution >= 4 is 17.5 Å². The summed E-state index contributed by atoms with van der Waals surface area (Å²) in [5.41, 5.74) is 1.65. The van der Waals surface area contributed by atoms with Gasteiger partial charge in [0.1, 0.15) is 5.82 Å². The molecule has 4 nitrogen and oxygen atoms in total. The van der Waals surface area contributed by atoms with Crippen LogP contribution in [0.3, 0.4) is 0 Å². The molecular weight excluding hydrogens is 319 g/mol.